The van der Waals surface area contributed by atoms with E-state index in [9.17, 15) is 4.39 Å². The summed E-state index contributed by atoms with van der Waals surface area (Å²) in [5.74, 6) is 1.56. The molecular formula is C14H20ClFN2O2. The van der Waals surface area contributed by atoms with Gasteiger partial charge < -0.3 is 14.8 Å². The number of alkyl halides is 1. The van der Waals surface area contributed by atoms with Crippen molar-refractivity contribution in [1.82, 2.24) is 10.2 Å². The fourth-order valence-corrected chi connectivity index (χ4v) is 2.78. The van der Waals surface area contributed by atoms with Gasteiger partial charge in [0, 0.05) is 32.2 Å². The van der Waals surface area contributed by atoms with E-state index in [0.717, 1.165) is 43.2 Å². The van der Waals surface area contributed by atoms with Gasteiger partial charge in [-0.3, -0.25) is 9.29 Å². The van der Waals surface area contributed by atoms with Gasteiger partial charge in [-0.15, -0.1) is 12.4 Å². The van der Waals surface area contributed by atoms with Crippen LogP contribution in [0.15, 0.2) is 18.2 Å². The summed E-state index contributed by atoms with van der Waals surface area (Å²) in [4.78, 5) is 2.34. The van der Waals surface area contributed by atoms with Gasteiger partial charge >= 0.3 is 0 Å². The monoisotopic (exact) mass is 302 g/mol. The third-order valence-corrected chi connectivity index (χ3v) is 3.76. The lowest BCUT2D eigenvalue weighted by molar-refractivity contribution is 0.157. The topological polar surface area (TPSA) is 33.7 Å². The van der Waals surface area contributed by atoms with Gasteiger partial charge in [-0.05, 0) is 24.1 Å². The quantitative estimate of drug-likeness (QED) is 0.924. The van der Waals surface area contributed by atoms with Gasteiger partial charge in [0.25, 0.3) is 0 Å². The molecule has 0 amide bonds. The van der Waals surface area contributed by atoms with Gasteiger partial charge in [-0.2, -0.15) is 0 Å². The lowest BCUT2D eigenvalue weighted by Crippen LogP contribution is -2.45. The van der Waals surface area contributed by atoms with Crippen LogP contribution in [0.1, 0.15) is 18.0 Å². The van der Waals surface area contributed by atoms with Crippen LogP contribution in [-0.4, -0.2) is 44.5 Å². The van der Waals surface area contributed by atoms with Crippen LogP contribution in [0.5, 0.6) is 11.5 Å². The minimum atomic E-state index is -0.303. The summed E-state index contributed by atoms with van der Waals surface area (Å²) in [7, 11) is 0. The molecule has 1 fully saturated rings. The molecule has 1 aromatic carbocycles. The molecule has 1 atom stereocenters. The van der Waals surface area contributed by atoms with Crippen molar-refractivity contribution in [2.45, 2.75) is 12.5 Å². The Bertz CT molecular complexity index is 441. The molecule has 1 aromatic rings. The third-order valence-electron chi connectivity index (χ3n) is 3.76. The van der Waals surface area contributed by atoms with Gasteiger partial charge in [0.2, 0.25) is 6.79 Å². The van der Waals surface area contributed by atoms with E-state index in [1.807, 2.05) is 18.2 Å². The number of rotatable bonds is 4. The van der Waals surface area contributed by atoms with E-state index < -0.39 is 0 Å². The Morgan fingerprint density at radius 1 is 1.20 bits per heavy atom. The van der Waals surface area contributed by atoms with Gasteiger partial charge in [0.15, 0.2) is 11.5 Å². The Hall–Kier alpha value is -1.04. The zero-order valence-corrected chi connectivity index (χ0v) is 12.1. The summed E-state index contributed by atoms with van der Waals surface area (Å²) >= 11 is 0. The van der Waals surface area contributed by atoms with Gasteiger partial charge in [-0.25, -0.2) is 0 Å². The summed E-state index contributed by atoms with van der Waals surface area (Å²) < 4.78 is 23.6. The Balaban J connectivity index is 0.00000147. The van der Waals surface area contributed by atoms with Crippen LogP contribution in [0, 0.1) is 0 Å². The van der Waals surface area contributed by atoms with E-state index in [0.29, 0.717) is 6.42 Å². The van der Waals surface area contributed by atoms with Crippen LogP contribution in [0.3, 0.4) is 0 Å². The number of nitrogens with zero attached hydrogens (tertiary/aromatic N) is 1. The fourth-order valence-electron chi connectivity index (χ4n) is 2.78. The smallest absolute Gasteiger partial charge is 0.231 e. The molecule has 20 heavy (non-hydrogen) atoms. The molecule has 1 N–H and O–H groups in total. The van der Waals surface area contributed by atoms with Crippen molar-refractivity contribution in [3.8, 4) is 11.5 Å². The predicted octanol–water partition coefficient (Wildman–Crippen LogP) is 2.14. The van der Waals surface area contributed by atoms with E-state index in [1.54, 1.807) is 0 Å². The molecule has 0 aliphatic carbocycles. The molecule has 4 nitrogen and oxygen atoms in total. The average Bonchev–Trinajstić information content (AvgIpc) is 2.93. The Morgan fingerprint density at radius 3 is 2.70 bits per heavy atom. The highest BCUT2D eigenvalue weighted by Gasteiger charge is 2.24. The number of halogens is 2. The summed E-state index contributed by atoms with van der Waals surface area (Å²) in [6.07, 6.45) is 0.527. The molecular weight excluding hydrogens is 283 g/mol. The first kappa shape index (κ1) is 15.4. The summed E-state index contributed by atoms with van der Waals surface area (Å²) in [5, 5.41) is 3.32. The van der Waals surface area contributed by atoms with E-state index in [1.165, 1.54) is 0 Å². The first-order chi connectivity index (χ1) is 9.38. The Kier molecular flexibility index (Phi) is 5.46. The largest absolute Gasteiger partial charge is 0.454 e. The SMILES string of the molecule is Cl.FCC[C@@H](c1ccc2c(c1)OCO2)N1CCNCC1. The average molecular weight is 303 g/mol. The molecule has 0 unspecified atom stereocenters. The van der Waals surface area contributed by atoms with Crippen molar-refractivity contribution in [2.75, 3.05) is 39.6 Å². The van der Waals surface area contributed by atoms with E-state index in [2.05, 4.69) is 10.2 Å². The number of benzene rings is 1. The Labute approximate surface area is 124 Å². The lowest BCUT2D eigenvalue weighted by Gasteiger charge is -2.35. The zero-order chi connectivity index (χ0) is 13.1. The second-order valence-electron chi connectivity index (χ2n) is 4.89. The van der Waals surface area contributed by atoms with Crippen LogP contribution in [0.4, 0.5) is 4.39 Å². The molecule has 112 valence electrons. The first-order valence-corrected chi connectivity index (χ1v) is 6.79. The summed E-state index contributed by atoms with van der Waals surface area (Å²) in [6.45, 7) is 3.82. The van der Waals surface area contributed by atoms with Crippen molar-refractivity contribution in [1.29, 1.82) is 0 Å². The van der Waals surface area contributed by atoms with Crippen LogP contribution in [0.2, 0.25) is 0 Å². The van der Waals surface area contributed by atoms with Crippen molar-refractivity contribution < 1.29 is 13.9 Å². The number of ether oxygens (including phenoxy) is 2. The molecule has 6 heteroatoms. The molecule has 1 saturated heterocycles. The second-order valence-corrected chi connectivity index (χ2v) is 4.89. The number of hydrogen-bond donors (Lipinski definition) is 1. The van der Waals surface area contributed by atoms with Crippen molar-refractivity contribution in [2.24, 2.45) is 0 Å². The normalized spacial score (nSPS) is 19.4. The number of hydrogen-bond acceptors (Lipinski definition) is 4. The highest BCUT2D eigenvalue weighted by molar-refractivity contribution is 5.85. The molecule has 2 aliphatic heterocycles. The van der Waals surface area contributed by atoms with Gasteiger partial charge in [0.05, 0.1) is 6.67 Å². The maximum atomic E-state index is 12.9. The maximum Gasteiger partial charge on any atom is 0.231 e. The van der Waals surface area contributed by atoms with Crippen LogP contribution < -0.4 is 14.8 Å². The van der Waals surface area contributed by atoms with Crippen LogP contribution >= 0.6 is 12.4 Å². The molecule has 0 radical (unpaired) electrons. The lowest BCUT2D eigenvalue weighted by atomic mass is 10.0. The predicted molar refractivity (Wildman–Crippen MR) is 77.6 cm³/mol. The fraction of sp³-hybridized carbons (Fsp3) is 0.571. The van der Waals surface area contributed by atoms with E-state index in [-0.39, 0.29) is 31.9 Å². The molecule has 2 aliphatic rings. The van der Waals surface area contributed by atoms with Crippen molar-refractivity contribution >= 4 is 12.4 Å². The van der Waals surface area contributed by atoms with Gasteiger partial charge in [-0.1, -0.05) is 6.07 Å². The molecule has 0 bridgehead atoms. The molecule has 0 aromatic heterocycles. The van der Waals surface area contributed by atoms with Crippen LogP contribution in [-0.2, 0) is 0 Å². The maximum absolute atomic E-state index is 12.9. The highest BCUT2D eigenvalue weighted by atomic mass is 35.5. The molecule has 0 saturated carbocycles. The summed E-state index contributed by atoms with van der Waals surface area (Å²) in [5.41, 5.74) is 1.11. The number of piperazine rings is 1. The van der Waals surface area contributed by atoms with E-state index >= 15 is 0 Å². The number of nitrogens with one attached hydrogen (secondary N) is 1. The number of fused-ring (bicyclic) bond motifs is 1. The standard InChI is InChI=1S/C14H19FN2O2.ClH/c15-4-3-12(17-7-5-16-6-8-17)11-1-2-13-14(9-11)19-10-18-13;/h1-2,9,12,16H,3-8,10H2;1H/t12-;/m0./s1. The molecule has 3 rings (SSSR count). The first-order valence-electron chi connectivity index (χ1n) is 6.79. The summed E-state index contributed by atoms with van der Waals surface area (Å²) in [6, 6.07) is 6.06. The second kappa shape index (κ2) is 7.11. The van der Waals surface area contributed by atoms with E-state index in [4.69, 9.17) is 9.47 Å². The minimum Gasteiger partial charge on any atom is -0.454 e. The van der Waals surface area contributed by atoms with Gasteiger partial charge in [0.1, 0.15) is 0 Å². The van der Waals surface area contributed by atoms with Crippen molar-refractivity contribution in [3.63, 3.8) is 0 Å². The molecule has 2 heterocycles. The molecule has 0 spiro atoms. The zero-order valence-electron chi connectivity index (χ0n) is 11.3. The van der Waals surface area contributed by atoms with Crippen LogP contribution in [0.25, 0.3) is 0 Å². The minimum absolute atomic E-state index is 0. The van der Waals surface area contributed by atoms with Crippen molar-refractivity contribution in [3.05, 3.63) is 23.8 Å². The third kappa shape index (κ3) is 3.16. The Morgan fingerprint density at radius 2 is 1.95 bits per heavy atom. The highest BCUT2D eigenvalue weighted by Crippen LogP contribution is 2.36.